The number of hydrogen-bond acceptors (Lipinski definition) is 5. The molecular weight excluding hydrogens is 312 g/mol. The Labute approximate surface area is 123 Å². The number of nitro groups is 1. The Hall–Kier alpha value is -1.96. The molecule has 0 unspecified atom stereocenters. The fourth-order valence-corrected chi connectivity index (χ4v) is 1.94. The molecule has 6 nitrogen and oxygen atoms in total. The Morgan fingerprint density at radius 3 is 2.52 bits per heavy atom. The second kappa shape index (κ2) is 7.72. The molecule has 0 amide bonds. The molecule has 0 saturated carbocycles. The Morgan fingerprint density at radius 1 is 1.43 bits per heavy atom. The number of halogens is 3. The van der Waals surface area contributed by atoms with Crippen molar-refractivity contribution >= 4 is 23.3 Å². The van der Waals surface area contributed by atoms with Crippen molar-refractivity contribution in [1.82, 2.24) is 0 Å². The van der Waals surface area contributed by atoms with Crippen molar-refractivity contribution in [3.63, 3.8) is 0 Å². The standard InChI is InChI=1S/C12H12ClF2NO5/c1-2-20-10(17)5-7-3-9(21-12(14)15)4-8(6-13)11(7)16(18)19/h3-4,12H,2,5-6H2,1H3. The van der Waals surface area contributed by atoms with E-state index >= 15 is 0 Å². The van der Waals surface area contributed by atoms with Gasteiger partial charge in [0.05, 0.1) is 23.8 Å². The molecule has 0 heterocycles. The summed E-state index contributed by atoms with van der Waals surface area (Å²) in [6, 6.07) is 2.06. The van der Waals surface area contributed by atoms with E-state index in [2.05, 4.69) is 4.74 Å². The fourth-order valence-electron chi connectivity index (χ4n) is 1.74. The lowest BCUT2D eigenvalue weighted by molar-refractivity contribution is -0.386. The minimum absolute atomic E-state index is 0.0147. The lowest BCUT2D eigenvalue weighted by atomic mass is 10.0. The molecular formula is C12H12ClF2NO5. The Morgan fingerprint density at radius 2 is 2.05 bits per heavy atom. The molecule has 0 aliphatic rings. The Kier molecular flexibility index (Phi) is 6.29. The highest BCUT2D eigenvalue weighted by Crippen LogP contribution is 2.31. The molecule has 0 atom stereocenters. The van der Waals surface area contributed by atoms with Crippen molar-refractivity contribution in [3.05, 3.63) is 33.4 Å². The number of alkyl halides is 3. The molecule has 0 aromatic heterocycles. The quantitative estimate of drug-likeness (QED) is 0.333. The number of rotatable bonds is 7. The van der Waals surface area contributed by atoms with E-state index in [0.717, 1.165) is 12.1 Å². The van der Waals surface area contributed by atoms with Crippen LogP contribution in [-0.4, -0.2) is 24.1 Å². The first kappa shape index (κ1) is 17.1. The topological polar surface area (TPSA) is 78.7 Å². The summed E-state index contributed by atoms with van der Waals surface area (Å²) >= 11 is 5.59. The Bertz CT molecular complexity index is 539. The number of carbonyl (C=O) groups is 1. The number of nitrogens with zero attached hydrogens (tertiary/aromatic N) is 1. The molecule has 0 aliphatic carbocycles. The maximum absolute atomic E-state index is 12.2. The second-order valence-electron chi connectivity index (χ2n) is 3.84. The Balaban J connectivity index is 3.27. The van der Waals surface area contributed by atoms with E-state index in [1.54, 1.807) is 6.92 Å². The van der Waals surface area contributed by atoms with Crippen LogP contribution in [0, 0.1) is 10.1 Å². The summed E-state index contributed by atoms with van der Waals surface area (Å²) in [5, 5.41) is 11.1. The van der Waals surface area contributed by atoms with Crippen molar-refractivity contribution in [2.24, 2.45) is 0 Å². The van der Waals surface area contributed by atoms with Crippen LogP contribution in [0.15, 0.2) is 12.1 Å². The minimum atomic E-state index is -3.09. The third kappa shape index (κ3) is 4.82. The third-order valence-corrected chi connectivity index (χ3v) is 2.72. The SMILES string of the molecule is CCOC(=O)Cc1cc(OC(F)F)cc(CCl)c1[N+](=O)[O-]. The van der Waals surface area contributed by atoms with E-state index in [-0.39, 0.29) is 29.4 Å². The van der Waals surface area contributed by atoms with E-state index in [1.807, 2.05) is 0 Å². The summed E-state index contributed by atoms with van der Waals surface area (Å²) in [5.41, 5.74) is -0.508. The van der Waals surface area contributed by atoms with Gasteiger partial charge in [-0.3, -0.25) is 14.9 Å². The molecule has 116 valence electrons. The van der Waals surface area contributed by atoms with Gasteiger partial charge in [0.1, 0.15) is 5.75 Å². The molecule has 9 heteroatoms. The van der Waals surface area contributed by atoms with Gasteiger partial charge in [-0.1, -0.05) is 0 Å². The lowest BCUT2D eigenvalue weighted by Crippen LogP contribution is -2.11. The number of ether oxygens (including phenoxy) is 2. The smallest absolute Gasteiger partial charge is 0.387 e. The highest BCUT2D eigenvalue weighted by molar-refractivity contribution is 6.17. The van der Waals surface area contributed by atoms with Gasteiger partial charge in [0.25, 0.3) is 5.69 Å². The van der Waals surface area contributed by atoms with Crippen molar-refractivity contribution < 1.29 is 28.0 Å². The number of esters is 1. The summed E-state index contributed by atoms with van der Waals surface area (Å²) in [7, 11) is 0. The summed E-state index contributed by atoms with van der Waals surface area (Å²) in [4.78, 5) is 21.8. The summed E-state index contributed by atoms with van der Waals surface area (Å²) < 4.78 is 33.4. The molecule has 0 N–H and O–H groups in total. The lowest BCUT2D eigenvalue weighted by Gasteiger charge is -2.10. The fraction of sp³-hybridized carbons (Fsp3) is 0.417. The van der Waals surface area contributed by atoms with Gasteiger partial charge in [0.2, 0.25) is 0 Å². The van der Waals surface area contributed by atoms with Crippen molar-refractivity contribution in [2.75, 3.05) is 6.61 Å². The molecule has 0 bridgehead atoms. The van der Waals surface area contributed by atoms with E-state index < -0.39 is 29.6 Å². The predicted octanol–water partition coefficient (Wildman–Crippen LogP) is 3.04. The van der Waals surface area contributed by atoms with Crippen LogP contribution < -0.4 is 4.74 Å². The zero-order valence-corrected chi connectivity index (χ0v) is 11.7. The zero-order chi connectivity index (χ0) is 16.0. The van der Waals surface area contributed by atoms with Crippen LogP contribution in [0.25, 0.3) is 0 Å². The van der Waals surface area contributed by atoms with Crippen LogP contribution in [0.3, 0.4) is 0 Å². The van der Waals surface area contributed by atoms with Crippen LogP contribution in [0.2, 0.25) is 0 Å². The third-order valence-electron chi connectivity index (χ3n) is 2.43. The maximum atomic E-state index is 12.2. The van der Waals surface area contributed by atoms with Gasteiger partial charge in [-0.25, -0.2) is 0 Å². The molecule has 1 rings (SSSR count). The predicted molar refractivity (Wildman–Crippen MR) is 69.6 cm³/mol. The summed E-state index contributed by atoms with van der Waals surface area (Å²) in [6.45, 7) is -1.42. The molecule has 1 aromatic rings. The number of nitro benzene ring substituents is 1. The highest BCUT2D eigenvalue weighted by Gasteiger charge is 2.24. The van der Waals surface area contributed by atoms with Crippen molar-refractivity contribution in [1.29, 1.82) is 0 Å². The molecule has 21 heavy (non-hydrogen) atoms. The van der Waals surface area contributed by atoms with Crippen LogP contribution in [0.5, 0.6) is 5.75 Å². The van der Waals surface area contributed by atoms with Crippen molar-refractivity contribution in [3.8, 4) is 5.75 Å². The number of carbonyl (C=O) groups excluding carboxylic acids is 1. The van der Waals surface area contributed by atoms with E-state index in [1.165, 1.54) is 0 Å². The normalized spacial score (nSPS) is 10.5. The zero-order valence-electron chi connectivity index (χ0n) is 11.0. The van der Waals surface area contributed by atoms with Crippen LogP contribution in [-0.2, 0) is 21.8 Å². The van der Waals surface area contributed by atoms with E-state index in [9.17, 15) is 23.7 Å². The second-order valence-corrected chi connectivity index (χ2v) is 4.11. The molecule has 0 spiro atoms. The van der Waals surface area contributed by atoms with Gasteiger partial charge in [0, 0.05) is 11.1 Å². The number of hydrogen-bond donors (Lipinski definition) is 0. The largest absolute Gasteiger partial charge is 0.466 e. The van der Waals surface area contributed by atoms with E-state index in [0.29, 0.717) is 0 Å². The van der Waals surface area contributed by atoms with Crippen LogP contribution in [0.4, 0.5) is 14.5 Å². The average molecular weight is 324 g/mol. The van der Waals surface area contributed by atoms with Gasteiger partial charge in [-0.2, -0.15) is 8.78 Å². The molecule has 0 radical (unpaired) electrons. The molecule has 0 aliphatic heterocycles. The van der Waals surface area contributed by atoms with Crippen LogP contribution >= 0.6 is 11.6 Å². The van der Waals surface area contributed by atoms with Crippen LogP contribution in [0.1, 0.15) is 18.1 Å². The van der Waals surface area contributed by atoms with Gasteiger partial charge in [-0.15, -0.1) is 11.6 Å². The van der Waals surface area contributed by atoms with Gasteiger partial charge in [0.15, 0.2) is 0 Å². The average Bonchev–Trinajstić information content (AvgIpc) is 2.36. The van der Waals surface area contributed by atoms with Gasteiger partial charge >= 0.3 is 12.6 Å². The first-order valence-corrected chi connectivity index (χ1v) is 6.39. The maximum Gasteiger partial charge on any atom is 0.387 e. The number of benzene rings is 1. The summed E-state index contributed by atoms with van der Waals surface area (Å²) in [5.74, 6) is -1.30. The summed E-state index contributed by atoms with van der Waals surface area (Å²) in [6.07, 6.45) is -0.436. The van der Waals surface area contributed by atoms with Gasteiger partial charge in [-0.05, 0) is 19.1 Å². The first-order chi connectivity index (χ1) is 9.88. The molecule has 0 saturated heterocycles. The first-order valence-electron chi connectivity index (χ1n) is 5.85. The highest BCUT2D eigenvalue weighted by atomic mass is 35.5. The minimum Gasteiger partial charge on any atom is -0.466 e. The van der Waals surface area contributed by atoms with Crippen molar-refractivity contribution in [2.45, 2.75) is 25.8 Å². The molecule has 0 fully saturated rings. The molecule has 1 aromatic carbocycles. The van der Waals surface area contributed by atoms with Gasteiger partial charge < -0.3 is 9.47 Å². The van der Waals surface area contributed by atoms with E-state index in [4.69, 9.17) is 16.3 Å². The monoisotopic (exact) mass is 323 g/mol.